The molecule has 0 amide bonds. The fourth-order valence-corrected chi connectivity index (χ4v) is 0.726. The highest BCUT2D eigenvalue weighted by Gasteiger charge is 1.89. The molecule has 0 heterocycles. The zero-order chi connectivity index (χ0) is 8.10. The van der Waals surface area contributed by atoms with E-state index in [1.54, 1.807) is 25.4 Å². The first kappa shape index (κ1) is 7.72. The maximum Gasteiger partial charge on any atom is 0.123 e. The molecule has 0 fully saturated rings. The van der Waals surface area contributed by atoms with E-state index in [-0.39, 0.29) is 5.82 Å². The molecule has 11 heavy (non-hydrogen) atoms. The predicted octanol–water partition coefficient (Wildman–Crippen LogP) is 1.38. The lowest BCUT2D eigenvalue weighted by atomic mass is 10.2. The first-order valence-corrected chi connectivity index (χ1v) is 3.28. The smallest absolute Gasteiger partial charge is 0.123 e. The Morgan fingerprint density at radius 1 is 1.55 bits per heavy atom. The number of hydrogen-bond acceptors (Lipinski definition) is 2. The van der Waals surface area contributed by atoms with Gasteiger partial charge in [0.05, 0.1) is 6.21 Å². The number of hydrogen-bond donors (Lipinski definition) is 1. The summed E-state index contributed by atoms with van der Waals surface area (Å²) in [7, 11) is 1.69. The molecule has 0 aromatic heterocycles. The molecule has 1 rings (SSSR count). The molecule has 0 aliphatic carbocycles. The molecular weight excluding hydrogens is 143 g/mol. The van der Waals surface area contributed by atoms with Crippen molar-refractivity contribution >= 4 is 6.21 Å². The molecule has 0 saturated heterocycles. The van der Waals surface area contributed by atoms with E-state index in [0.29, 0.717) is 0 Å². The highest BCUT2D eigenvalue weighted by Crippen LogP contribution is 1.99. The topological polar surface area (TPSA) is 24.4 Å². The Bertz CT molecular complexity index is 258. The van der Waals surface area contributed by atoms with Crippen LogP contribution in [0.4, 0.5) is 4.39 Å². The summed E-state index contributed by atoms with van der Waals surface area (Å²) in [6, 6.07) is 6.24. The molecule has 58 valence electrons. The van der Waals surface area contributed by atoms with Crippen molar-refractivity contribution in [2.24, 2.45) is 5.10 Å². The van der Waals surface area contributed by atoms with Crippen LogP contribution in [0.5, 0.6) is 0 Å². The van der Waals surface area contributed by atoms with Crippen LogP contribution in [0.15, 0.2) is 29.4 Å². The van der Waals surface area contributed by atoms with Crippen LogP contribution in [-0.4, -0.2) is 13.3 Å². The molecule has 1 N–H and O–H groups in total. The summed E-state index contributed by atoms with van der Waals surface area (Å²) in [6.07, 6.45) is 1.56. The maximum atomic E-state index is 12.5. The average molecular weight is 152 g/mol. The van der Waals surface area contributed by atoms with Crippen molar-refractivity contribution in [3.63, 3.8) is 0 Å². The van der Waals surface area contributed by atoms with Gasteiger partial charge in [0.15, 0.2) is 0 Å². The van der Waals surface area contributed by atoms with Crippen LogP contribution < -0.4 is 5.43 Å². The Morgan fingerprint density at radius 3 is 3.00 bits per heavy atom. The third kappa shape index (κ3) is 2.37. The van der Waals surface area contributed by atoms with Crippen molar-refractivity contribution in [1.29, 1.82) is 0 Å². The van der Waals surface area contributed by atoms with Crippen molar-refractivity contribution in [3.8, 4) is 0 Å². The zero-order valence-electron chi connectivity index (χ0n) is 6.21. The number of nitrogens with one attached hydrogen (secondary N) is 1. The minimum Gasteiger partial charge on any atom is -0.313 e. The van der Waals surface area contributed by atoms with E-state index in [4.69, 9.17) is 0 Å². The molecule has 0 aliphatic heterocycles. The van der Waals surface area contributed by atoms with Crippen LogP contribution in [0.25, 0.3) is 0 Å². The molecule has 0 unspecified atom stereocenters. The quantitative estimate of drug-likeness (QED) is 0.502. The van der Waals surface area contributed by atoms with Crippen molar-refractivity contribution in [2.45, 2.75) is 0 Å². The Morgan fingerprint density at radius 2 is 2.36 bits per heavy atom. The molecule has 1 aromatic carbocycles. The molecule has 2 nitrogen and oxygen atoms in total. The van der Waals surface area contributed by atoms with Crippen LogP contribution >= 0.6 is 0 Å². The molecule has 1 aromatic rings. The van der Waals surface area contributed by atoms with E-state index in [0.717, 1.165) is 5.56 Å². The number of halogens is 1. The lowest BCUT2D eigenvalue weighted by molar-refractivity contribution is 0.627. The summed E-state index contributed by atoms with van der Waals surface area (Å²) in [4.78, 5) is 0. The first-order valence-electron chi connectivity index (χ1n) is 3.28. The Kier molecular flexibility index (Phi) is 2.60. The molecule has 0 radical (unpaired) electrons. The second-order valence-electron chi connectivity index (χ2n) is 2.04. The standard InChI is InChI=1S/C8H9FN2/c1-10-11-6-7-3-2-4-8(9)5-7/h2-6,10H,1H3. The van der Waals surface area contributed by atoms with Crippen LogP contribution in [0.1, 0.15) is 5.56 Å². The van der Waals surface area contributed by atoms with Gasteiger partial charge in [-0.25, -0.2) is 4.39 Å². The number of rotatable bonds is 2. The van der Waals surface area contributed by atoms with Crippen molar-refractivity contribution in [3.05, 3.63) is 35.6 Å². The van der Waals surface area contributed by atoms with Gasteiger partial charge in [-0.05, 0) is 17.7 Å². The van der Waals surface area contributed by atoms with E-state index in [2.05, 4.69) is 10.5 Å². The highest BCUT2D eigenvalue weighted by molar-refractivity contribution is 5.79. The first-order chi connectivity index (χ1) is 5.33. The van der Waals surface area contributed by atoms with Gasteiger partial charge in [-0.15, -0.1) is 0 Å². The molecule has 0 bridgehead atoms. The molecule has 3 heteroatoms. The maximum absolute atomic E-state index is 12.5. The number of nitrogens with zero attached hydrogens (tertiary/aromatic N) is 1. The lowest BCUT2D eigenvalue weighted by Crippen LogP contribution is -1.94. The van der Waals surface area contributed by atoms with E-state index in [9.17, 15) is 4.39 Å². The number of benzene rings is 1. The van der Waals surface area contributed by atoms with Crippen LogP contribution in [0.3, 0.4) is 0 Å². The Labute approximate surface area is 64.7 Å². The van der Waals surface area contributed by atoms with E-state index in [1.807, 2.05) is 0 Å². The second-order valence-corrected chi connectivity index (χ2v) is 2.04. The van der Waals surface area contributed by atoms with E-state index in [1.165, 1.54) is 12.1 Å². The highest BCUT2D eigenvalue weighted by atomic mass is 19.1. The molecule has 0 saturated carbocycles. The summed E-state index contributed by atoms with van der Waals surface area (Å²) in [5, 5.41) is 3.74. The van der Waals surface area contributed by atoms with Crippen LogP contribution in [0.2, 0.25) is 0 Å². The van der Waals surface area contributed by atoms with Crippen molar-refractivity contribution in [1.82, 2.24) is 5.43 Å². The normalized spacial score (nSPS) is 10.4. The van der Waals surface area contributed by atoms with Gasteiger partial charge in [0.25, 0.3) is 0 Å². The van der Waals surface area contributed by atoms with Crippen LogP contribution in [-0.2, 0) is 0 Å². The van der Waals surface area contributed by atoms with Crippen molar-refractivity contribution in [2.75, 3.05) is 7.05 Å². The second kappa shape index (κ2) is 3.71. The van der Waals surface area contributed by atoms with Gasteiger partial charge in [-0.2, -0.15) is 5.10 Å². The monoisotopic (exact) mass is 152 g/mol. The van der Waals surface area contributed by atoms with Crippen molar-refractivity contribution < 1.29 is 4.39 Å². The molecule has 0 atom stereocenters. The Balaban J connectivity index is 2.79. The van der Waals surface area contributed by atoms with Gasteiger partial charge in [0, 0.05) is 7.05 Å². The number of hydrazone groups is 1. The SMILES string of the molecule is CNN=Cc1cccc(F)c1. The van der Waals surface area contributed by atoms with Gasteiger partial charge in [-0.3, -0.25) is 0 Å². The molecule has 0 spiro atoms. The van der Waals surface area contributed by atoms with E-state index < -0.39 is 0 Å². The zero-order valence-corrected chi connectivity index (χ0v) is 6.21. The molecule has 0 aliphatic rings. The third-order valence-corrected chi connectivity index (χ3v) is 1.19. The summed E-state index contributed by atoms with van der Waals surface area (Å²) in [5.74, 6) is -0.245. The van der Waals surface area contributed by atoms with Crippen LogP contribution in [0, 0.1) is 5.82 Å². The predicted molar refractivity (Wildman–Crippen MR) is 43.1 cm³/mol. The van der Waals surface area contributed by atoms with Gasteiger partial charge < -0.3 is 5.43 Å². The van der Waals surface area contributed by atoms with E-state index >= 15 is 0 Å². The molecular formula is C8H9FN2. The largest absolute Gasteiger partial charge is 0.313 e. The summed E-state index contributed by atoms with van der Waals surface area (Å²) >= 11 is 0. The minimum absolute atomic E-state index is 0.245. The van der Waals surface area contributed by atoms with Gasteiger partial charge in [0.1, 0.15) is 5.82 Å². The van der Waals surface area contributed by atoms with Gasteiger partial charge >= 0.3 is 0 Å². The van der Waals surface area contributed by atoms with Gasteiger partial charge in [-0.1, -0.05) is 12.1 Å². The summed E-state index contributed by atoms with van der Waals surface area (Å²) < 4.78 is 12.5. The summed E-state index contributed by atoms with van der Waals surface area (Å²) in [6.45, 7) is 0. The average Bonchev–Trinajstić information content (AvgIpc) is 2.01. The summed E-state index contributed by atoms with van der Waals surface area (Å²) in [5.41, 5.74) is 3.33. The fraction of sp³-hybridized carbons (Fsp3) is 0.125. The van der Waals surface area contributed by atoms with Gasteiger partial charge in [0.2, 0.25) is 0 Å². The lowest BCUT2D eigenvalue weighted by Gasteiger charge is -1.91. The third-order valence-electron chi connectivity index (χ3n) is 1.19. The Hall–Kier alpha value is -1.38. The minimum atomic E-state index is -0.245. The fourth-order valence-electron chi connectivity index (χ4n) is 0.726.